The van der Waals surface area contributed by atoms with Gasteiger partial charge in [-0.15, -0.1) is 0 Å². The van der Waals surface area contributed by atoms with E-state index >= 15 is 0 Å². The van der Waals surface area contributed by atoms with E-state index in [1.165, 1.54) is 18.3 Å². The van der Waals surface area contributed by atoms with Crippen molar-refractivity contribution in [1.29, 1.82) is 0 Å². The van der Waals surface area contributed by atoms with Gasteiger partial charge in [0.05, 0.1) is 11.1 Å². The fourth-order valence-electron chi connectivity index (χ4n) is 2.26. The van der Waals surface area contributed by atoms with Crippen LogP contribution in [-0.2, 0) is 16.6 Å². The van der Waals surface area contributed by atoms with E-state index in [-0.39, 0.29) is 4.90 Å². The van der Waals surface area contributed by atoms with Crippen molar-refractivity contribution >= 4 is 32.2 Å². The van der Waals surface area contributed by atoms with E-state index in [1.54, 1.807) is 18.2 Å². The SMILES string of the molecule is O=S(=O)(N/N=C/c1cccc(OCc2ccccc2)c1)c1ccc(Br)cc1. The molecule has 138 valence electrons. The van der Waals surface area contributed by atoms with Gasteiger partial charge in [-0.25, -0.2) is 4.83 Å². The van der Waals surface area contributed by atoms with Gasteiger partial charge in [0.25, 0.3) is 10.0 Å². The molecule has 3 aromatic rings. The summed E-state index contributed by atoms with van der Waals surface area (Å²) in [6.45, 7) is 0.456. The van der Waals surface area contributed by atoms with Gasteiger partial charge in [-0.2, -0.15) is 13.5 Å². The minimum atomic E-state index is -3.70. The molecular formula is C20H17BrN2O3S. The molecular weight excluding hydrogens is 428 g/mol. The topological polar surface area (TPSA) is 67.8 Å². The molecule has 27 heavy (non-hydrogen) atoms. The van der Waals surface area contributed by atoms with Crippen LogP contribution in [0.3, 0.4) is 0 Å². The molecule has 0 aliphatic rings. The summed E-state index contributed by atoms with van der Waals surface area (Å²) in [6.07, 6.45) is 1.44. The average molecular weight is 445 g/mol. The first-order valence-electron chi connectivity index (χ1n) is 8.10. The van der Waals surface area contributed by atoms with Crippen LogP contribution >= 0.6 is 15.9 Å². The number of rotatable bonds is 7. The van der Waals surface area contributed by atoms with Crippen molar-refractivity contribution in [2.24, 2.45) is 5.10 Å². The van der Waals surface area contributed by atoms with Gasteiger partial charge < -0.3 is 4.74 Å². The van der Waals surface area contributed by atoms with Gasteiger partial charge in [-0.1, -0.05) is 58.4 Å². The van der Waals surface area contributed by atoms with Crippen molar-refractivity contribution < 1.29 is 13.2 Å². The fraction of sp³-hybridized carbons (Fsp3) is 0.0500. The lowest BCUT2D eigenvalue weighted by atomic mass is 10.2. The Bertz CT molecular complexity index is 1020. The molecule has 3 rings (SSSR count). The van der Waals surface area contributed by atoms with Crippen LogP contribution in [0.4, 0.5) is 0 Å². The number of halogens is 1. The Kier molecular flexibility index (Phi) is 6.26. The van der Waals surface area contributed by atoms with Gasteiger partial charge in [-0.05, 0) is 47.5 Å². The van der Waals surface area contributed by atoms with Gasteiger partial charge in [0.2, 0.25) is 0 Å². The van der Waals surface area contributed by atoms with Crippen LogP contribution < -0.4 is 9.57 Å². The number of hydrogen-bond donors (Lipinski definition) is 1. The molecule has 0 atom stereocenters. The van der Waals surface area contributed by atoms with Crippen LogP contribution in [0.2, 0.25) is 0 Å². The molecule has 0 fully saturated rings. The van der Waals surface area contributed by atoms with Crippen LogP contribution in [0, 0.1) is 0 Å². The summed E-state index contributed by atoms with van der Waals surface area (Å²) >= 11 is 3.27. The zero-order valence-corrected chi connectivity index (χ0v) is 16.7. The Labute approximate surface area is 166 Å². The van der Waals surface area contributed by atoms with Crippen LogP contribution in [0.25, 0.3) is 0 Å². The molecule has 0 radical (unpaired) electrons. The first-order chi connectivity index (χ1) is 13.0. The highest BCUT2D eigenvalue weighted by Gasteiger charge is 2.11. The second-order valence-corrected chi connectivity index (χ2v) is 8.23. The van der Waals surface area contributed by atoms with Gasteiger partial charge in [0.1, 0.15) is 12.4 Å². The first kappa shape index (κ1) is 19.1. The molecule has 0 saturated carbocycles. The Balaban J connectivity index is 1.62. The highest BCUT2D eigenvalue weighted by atomic mass is 79.9. The van der Waals surface area contributed by atoms with E-state index in [1.807, 2.05) is 48.5 Å². The summed E-state index contributed by atoms with van der Waals surface area (Å²) in [5.74, 6) is 0.679. The molecule has 3 aromatic carbocycles. The molecule has 0 bridgehead atoms. The van der Waals surface area contributed by atoms with Crippen molar-refractivity contribution in [2.75, 3.05) is 0 Å². The Morgan fingerprint density at radius 1 is 0.963 bits per heavy atom. The summed E-state index contributed by atoms with van der Waals surface area (Å²) in [4.78, 5) is 2.35. The minimum absolute atomic E-state index is 0.141. The monoisotopic (exact) mass is 444 g/mol. The Hall–Kier alpha value is -2.64. The lowest BCUT2D eigenvalue weighted by Gasteiger charge is -2.07. The zero-order valence-electron chi connectivity index (χ0n) is 14.2. The molecule has 0 saturated heterocycles. The van der Waals surface area contributed by atoms with Crippen LogP contribution in [0.5, 0.6) is 5.75 Å². The summed E-state index contributed by atoms with van der Waals surface area (Å²) < 4.78 is 30.9. The summed E-state index contributed by atoms with van der Waals surface area (Å²) in [5.41, 5.74) is 1.79. The number of hydrazone groups is 1. The number of hydrogen-bond acceptors (Lipinski definition) is 4. The largest absolute Gasteiger partial charge is 0.489 e. The molecule has 0 amide bonds. The van der Waals surface area contributed by atoms with Crippen molar-refractivity contribution in [3.8, 4) is 5.75 Å². The second kappa shape index (κ2) is 8.83. The average Bonchev–Trinajstić information content (AvgIpc) is 2.68. The van der Waals surface area contributed by atoms with Crippen molar-refractivity contribution in [2.45, 2.75) is 11.5 Å². The molecule has 0 heterocycles. The van der Waals surface area contributed by atoms with E-state index in [0.29, 0.717) is 12.4 Å². The van der Waals surface area contributed by atoms with E-state index in [4.69, 9.17) is 4.74 Å². The third-order valence-corrected chi connectivity index (χ3v) is 5.38. The second-order valence-electron chi connectivity index (χ2n) is 5.65. The molecule has 7 heteroatoms. The van der Waals surface area contributed by atoms with Gasteiger partial charge >= 0.3 is 0 Å². The smallest absolute Gasteiger partial charge is 0.276 e. The molecule has 0 spiro atoms. The highest BCUT2D eigenvalue weighted by Crippen LogP contribution is 2.15. The third-order valence-electron chi connectivity index (χ3n) is 3.62. The van der Waals surface area contributed by atoms with Gasteiger partial charge in [0.15, 0.2) is 0 Å². The van der Waals surface area contributed by atoms with Crippen LogP contribution in [0.15, 0.2) is 93.3 Å². The van der Waals surface area contributed by atoms with Gasteiger partial charge in [0, 0.05) is 4.47 Å². The lowest BCUT2D eigenvalue weighted by molar-refractivity contribution is 0.306. The van der Waals surface area contributed by atoms with E-state index in [9.17, 15) is 8.42 Å². The molecule has 0 aromatic heterocycles. The standard InChI is InChI=1S/C20H17BrN2O3S/c21-18-9-11-20(12-10-18)27(24,25)23-22-14-17-7-4-8-19(13-17)26-15-16-5-2-1-3-6-16/h1-14,23H,15H2/b22-14+. The maximum atomic E-state index is 12.2. The number of sulfonamides is 1. The summed E-state index contributed by atoms with van der Waals surface area (Å²) in [7, 11) is -3.70. The molecule has 1 N–H and O–H groups in total. The Morgan fingerprint density at radius 2 is 1.70 bits per heavy atom. The molecule has 5 nitrogen and oxygen atoms in total. The summed E-state index contributed by atoms with van der Waals surface area (Å²) in [6, 6.07) is 23.4. The van der Waals surface area contributed by atoms with Crippen molar-refractivity contribution in [3.05, 3.63) is 94.5 Å². The van der Waals surface area contributed by atoms with E-state index < -0.39 is 10.0 Å². The van der Waals surface area contributed by atoms with E-state index in [0.717, 1.165) is 15.6 Å². The Morgan fingerprint density at radius 3 is 2.44 bits per heavy atom. The predicted molar refractivity (Wildman–Crippen MR) is 109 cm³/mol. The van der Waals surface area contributed by atoms with Crippen LogP contribution in [0.1, 0.15) is 11.1 Å². The molecule has 0 unspecified atom stereocenters. The van der Waals surface area contributed by atoms with E-state index in [2.05, 4.69) is 25.9 Å². The predicted octanol–water partition coefficient (Wildman–Crippen LogP) is 4.34. The normalized spacial score (nSPS) is 11.4. The first-order valence-corrected chi connectivity index (χ1v) is 10.4. The highest BCUT2D eigenvalue weighted by molar-refractivity contribution is 9.10. The number of nitrogens with zero attached hydrogens (tertiary/aromatic N) is 1. The lowest BCUT2D eigenvalue weighted by Crippen LogP contribution is -2.18. The number of nitrogens with one attached hydrogen (secondary N) is 1. The van der Waals surface area contributed by atoms with Crippen molar-refractivity contribution in [1.82, 2.24) is 4.83 Å². The quantitative estimate of drug-likeness (QED) is 0.435. The fourth-order valence-corrected chi connectivity index (χ4v) is 3.32. The number of ether oxygens (including phenoxy) is 1. The third kappa shape index (κ3) is 5.67. The zero-order chi connectivity index (χ0) is 19.1. The molecule has 0 aliphatic heterocycles. The van der Waals surface area contributed by atoms with Gasteiger partial charge in [-0.3, -0.25) is 0 Å². The van der Waals surface area contributed by atoms with Crippen molar-refractivity contribution in [3.63, 3.8) is 0 Å². The maximum absolute atomic E-state index is 12.2. The molecule has 0 aliphatic carbocycles. The minimum Gasteiger partial charge on any atom is -0.489 e. The summed E-state index contributed by atoms with van der Waals surface area (Å²) in [5, 5.41) is 3.84. The van der Waals surface area contributed by atoms with Crippen LogP contribution in [-0.4, -0.2) is 14.6 Å². The number of benzene rings is 3. The maximum Gasteiger partial charge on any atom is 0.276 e.